The zero-order chi connectivity index (χ0) is 18.3. The molecule has 0 aliphatic carbocycles. The van der Waals surface area contributed by atoms with Gasteiger partial charge in [0, 0.05) is 50.6 Å². The predicted molar refractivity (Wildman–Crippen MR) is 96.0 cm³/mol. The summed E-state index contributed by atoms with van der Waals surface area (Å²) >= 11 is 0. The monoisotopic (exact) mass is 357 g/mol. The summed E-state index contributed by atoms with van der Waals surface area (Å²) in [5, 5.41) is 13.9. The van der Waals surface area contributed by atoms with Crippen molar-refractivity contribution in [1.82, 2.24) is 19.7 Å². The number of anilines is 2. The van der Waals surface area contributed by atoms with Gasteiger partial charge in [0.15, 0.2) is 5.69 Å². The van der Waals surface area contributed by atoms with Crippen LogP contribution >= 0.6 is 0 Å². The third kappa shape index (κ3) is 2.98. The van der Waals surface area contributed by atoms with Crippen molar-refractivity contribution in [2.24, 2.45) is 12.8 Å². The average Bonchev–Trinajstić information content (AvgIpc) is 2.99. The topological polar surface area (TPSA) is 113 Å². The zero-order valence-electron chi connectivity index (χ0n) is 14.8. The molecule has 0 atom stereocenters. The highest BCUT2D eigenvalue weighted by Crippen LogP contribution is 2.26. The van der Waals surface area contributed by atoms with Crippen molar-refractivity contribution >= 4 is 17.7 Å². The molecule has 1 saturated heterocycles. The first-order valence-electron chi connectivity index (χ1n) is 8.88. The van der Waals surface area contributed by atoms with Crippen LogP contribution in [-0.4, -0.2) is 56.5 Å². The Labute approximate surface area is 151 Å². The molecule has 3 N–H and O–H groups in total. The van der Waals surface area contributed by atoms with Crippen molar-refractivity contribution in [3.63, 3.8) is 0 Å². The molecule has 0 unspecified atom stereocenters. The number of hydrogen-bond donors (Lipinski definition) is 2. The van der Waals surface area contributed by atoms with E-state index in [0.29, 0.717) is 18.2 Å². The summed E-state index contributed by atoms with van der Waals surface area (Å²) < 4.78 is 1.74. The molecule has 2 aromatic heterocycles. The Hall–Kier alpha value is -2.68. The standard InChI is InChI=1S/C17H23N7O2/c1-22-13-5-9-24(10-12(13)15(21-22)16(18)26)17-19-6-2-14(20-17)23-7-3-11(25)4-8-23/h2,6,11,25H,3-5,7-10H2,1H3,(H2,18,26). The predicted octanol–water partition coefficient (Wildman–Crippen LogP) is -0.167. The molecular weight excluding hydrogens is 334 g/mol. The molecule has 0 aromatic carbocycles. The highest BCUT2D eigenvalue weighted by atomic mass is 16.3. The molecule has 0 spiro atoms. The molecule has 26 heavy (non-hydrogen) atoms. The van der Waals surface area contributed by atoms with Crippen LogP contribution in [0.2, 0.25) is 0 Å². The number of carbonyl (C=O) groups is 1. The fourth-order valence-electron chi connectivity index (χ4n) is 3.72. The van der Waals surface area contributed by atoms with Gasteiger partial charge in [-0.2, -0.15) is 10.1 Å². The number of fused-ring (bicyclic) bond motifs is 1. The number of amides is 1. The molecule has 138 valence electrons. The summed E-state index contributed by atoms with van der Waals surface area (Å²) in [5.41, 5.74) is 7.70. The van der Waals surface area contributed by atoms with E-state index in [2.05, 4.69) is 19.9 Å². The van der Waals surface area contributed by atoms with Gasteiger partial charge < -0.3 is 20.6 Å². The highest BCUT2D eigenvalue weighted by Gasteiger charge is 2.28. The molecule has 1 amide bonds. The number of rotatable bonds is 3. The summed E-state index contributed by atoms with van der Waals surface area (Å²) in [5.74, 6) is 0.998. The number of nitrogens with zero attached hydrogens (tertiary/aromatic N) is 6. The molecule has 4 heterocycles. The maximum Gasteiger partial charge on any atom is 0.269 e. The van der Waals surface area contributed by atoms with E-state index < -0.39 is 5.91 Å². The van der Waals surface area contributed by atoms with Gasteiger partial charge in [-0.15, -0.1) is 0 Å². The van der Waals surface area contributed by atoms with E-state index in [1.54, 1.807) is 10.9 Å². The minimum Gasteiger partial charge on any atom is -0.393 e. The quantitative estimate of drug-likeness (QED) is 0.784. The van der Waals surface area contributed by atoms with Crippen molar-refractivity contribution in [2.45, 2.75) is 31.9 Å². The van der Waals surface area contributed by atoms with Crippen LogP contribution in [0.5, 0.6) is 0 Å². The van der Waals surface area contributed by atoms with E-state index in [9.17, 15) is 9.90 Å². The molecule has 4 rings (SSSR count). The Balaban J connectivity index is 1.57. The van der Waals surface area contributed by atoms with E-state index in [0.717, 1.165) is 56.0 Å². The molecule has 0 radical (unpaired) electrons. The normalized spacial score (nSPS) is 18.1. The molecule has 0 bridgehead atoms. The van der Waals surface area contributed by atoms with Gasteiger partial charge in [0.25, 0.3) is 5.91 Å². The number of aliphatic hydroxyl groups is 1. The van der Waals surface area contributed by atoms with Crippen LogP contribution in [0.4, 0.5) is 11.8 Å². The molecule has 9 heteroatoms. The second-order valence-electron chi connectivity index (χ2n) is 6.87. The van der Waals surface area contributed by atoms with Crippen LogP contribution in [0.1, 0.15) is 34.6 Å². The molecule has 2 aliphatic heterocycles. The summed E-state index contributed by atoms with van der Waals surface area (Å²) in [6.07, 6.45) is 3.81. The Bertz CT molecular complexity index is 827. The Morgan fingerprint density at radius 2 is 2.04 bits per heavy atom. The molecule has 0 saturated carbocycles. The van der Waals surface area contributed by atoms with E-state index >= 15 is 0 Å². The summed E-state index contributed by atoms with van der Waals surface area (Å²) in [7, 11) is 1.84. The third-order valence-electron chi connectivity index (χ3n) is 5.18. The number of aliphatic hydroxyl groups excluding tert-OH is 1. The summed E-state index contributed by atoms with van der Waals surface area (Å²) in [6, 6.07) is 1.90. The van der Waals surface area contributed by atoms with E-state index in [1.807, 2.05) is 13.1 Å². The first-order valence-corrected chi connectivity index (χ1v) is 8.88. The maximum absolute atomic E-state index is 11.7. The van der Waals surface area contributed by atoms with Crippen LogP contribution < -0.4 is 15.5 Å². The van der Waals surface area contributed by atoms with Gasteiger partial charge in [0.1, 0.15) is 5.82 Å². The molecule has 1 fully saturated rings. The van der Waals surface area contributed by atoms with Crippen molar-refractivity contribution in [2.75, 3.05) is 29.4 Å². The second kappa shape index (κ2) is 6.56. The van der Waals surface area contributed by atoms with Gasteiger partial charge in [-0.05, 0) is 18.9 Å². The number of aryl methyl sites for hydroxylation is 1. The first kappa shape index (κ1) is 16.8. The van der Waals surface area contributed by atoms with Gasteiger partial charge in [0.05, 0.1) is 12.6 Å². The van der Waals surface area contributed by atoms with Crippen LogP contribution in [0.25, 0.3) is 0 Å². The van der Waals surface area contributed by atoms with Gasteiger partial charge in [-0.3, -0.25) is 9.48 Å². The van der Waals surface area contributed by atoms with Gasteiger partial charge in [-0.25, -0.2) is 4.98 Å². The number of primary amides is 1. The number of nitrogens with two attached hydrogens (primary N) is 1. The van der Waals surface area contributed by atoms with Crippen LogP contribution in [0, 0.1) is 0 Å². The smallest absolute Gasteiger partial charge is 0.269 e. The SMILES string of the molecule is Cn1nc(C(N)=O)c2c1CCN(c1nccc(N3CCC(O)CC3)n1)C2. The third-order valence-corrected chi connectivity index (χ3v) is 5.18. The lowest BCUT2D eigenvalue weighted by Crippen LogP contribution is -2.37. The van der Waals surface area contributed by atoms with E-state index in [1.165, 1.54) is 0 Å². The minimum absolute atomic E-state index is 0.217. The molecule has 9 nitrogen and oxygen atoms in total. The van der Waals surface area contributed by atoms with Gasteiger partial charge >= 0.3 is 0 Å². The van der Waals surface area contributed by atoms with Crippen molar-refractivity contribution in [1.29, 1.82) is 0 Å². The molecular formula is C17H23N7O2. The lowest BCUT2D eigenvalue weighted by molar-refractivity contribution is 0.0994. The Kier molecular flexibility index (Phi) is 4.23. The largest absolute Gasteiger partial charge is 0.393 e. The van der Waals surface area contributed by atoms with E-state index in [4.69, 9.17) is 10.7 Å². The first-order chi connectivity index (χ1) is 12.5. The fraction of sp³-hybridized carbons (Fsp3) is 0.529. The van der Waals surface area contributed by atoms with Gasteiger partial charge in [-0.1, -0.05) is 0 Å². The summed E-state index contributed by atoms with van der Waals surface area (Å²) in [6.45, 7) is 2.85. The zero-order valence-corrected chi connectivity index (χ0v) is 14.8. The van der Waals surface area contributed by atoms with Crippen LogP contribution in [0.15, 0.2) is 12.3 Å². The highest BCUT2D eigenvalue weighted by molar-refractivity contribution is 5.92. The minimum atomic E-state index is -0.509. The van der Waals surface area contributed by atoms with E-state index in [-0.39, 0.29) is 6.10 Å². The van der Waals surface area contributed by atoms with Gasteiger partial charge in [0.2, 0.25) is 5.95 Å². The van der Waals surface area contributed by atoms with Crippen LogP contribution in [-0.2, 0) is 20.0 Å². The number of hydrogen-bond acceptors (Lipinski definition) is 7. The Morgan fingerprint density at radius 3 is 2.77 bits per heavy atom. The molecule has 2 aromatic rings. The summed E-state index contributed by atoms with van der Waals surface area (Å²) in [4.78, 5) is 25.1. The lowest BCUT2D eigenvalue weighted by atomic mass is 10.1. The fourth-order valence-corrected chi connectivity index (χ4v) is 3.72. The van der Waals surface area contributed by atoms with Crippen molar-refractivity contribution < 1.29 is 9.90 Å². The van der Waals surface area contributed by atoms with Crippen LogP contribution in [0.3, 0.4) is 0 Å². The lowest BCUT2D eigenvalue weighted by Gasteiger charge is -2.32. The number of piperidine rings is 1. The Morgan fingerprint density at radius 1 is 1.27 bits per heavy atom. The number of aromatic nitrogens is 4. The van der Waals surface area contributed by atoms with Crippen molar-refractivity contribution in [3.8, 4) is 0 Å². The second-order valence-corrected chi connectivity index (χ2v) is 6.87. The van der Waals surface area contributed by atoms with Crippen molar-refractivity contribution in [3.05, 3.63) is 29.2 Å². The maximum atomic E-state index is 11.7. The average molecular weight is 357 g/mol. The number of carbonyl (C=O) groups excluding carboxylic acids is 1. The molecule has 2 aliphatic rings.